The first-order valence-corrected chi connectivity index (χ1v) is 6.49. The number of halogens is 1. The Hall–Kier alpha value is -1.67. The molecule has 0 aromatic heterocycles. The van der Waals surface area contributed by atoms with Crippen molar-refractivity contribution in [2.24, 2.45) is 0 Å². The van der Waals surface area contributed by atoms with E-state index >= 15 is 0 Å². The maximum Gasteiger partial charge on any atom is 0.0925 e. The first-order chi connectivity index (χ1) is 9.04. The van der Waals surface area contributed by atoms with E-state index in [9.17, 15) is 9.50 Å². The summed E-state index contributed by atoms with van der Waals surface area (Å²) in [4.78, 5) is 0. The van der Waals surface area contributed by atoms with Gasteiger partial charge in [0.05, 0.1) is 12.3 Å². The summed E-state index contributed by atoms with van der Waals surface area (Å²) >= 11 is 0. The second kappa shape index (κ2) is 5.54. The van der Waals surface area contributed by atoms with Gasteiger partial charge in [0, 0.05) is 6.42 Å². The predicted octanol–water partition coefficient (Wildman–Crippen LogP) is 4.23. The lowest BCUT2D eigenvalue weighted by Gasteiger charge is -2.22. The van der Waals surface area contributed by atoms with Gasteiger partial charge in [-0.25, -0.2) is 0 Å². The molecule has 2 rings (SSSR count). The number of benzene rings is 2. The summed E-state index contributed by atoms with van der Waals surface area (Å²) in [5, 5.41) is 10.2. The average Bonchev–Trinajstić information content (AvgIpc) is 2.39. The third kappa shape index (κ3) is 3.02. The first kappa shape index (κ1) is 13.8. The molecule has 0 aliphatic heterocycles. The molecule has 2 aromatic carbocycles. The Balaban J connectivity index is 2.31. The van der Waals surface area contributed by atoms with E-state index in [0.717, 1.165) is 11.1 Å². The fourth-order valence-electron chi connectivity index (χ4n) is 2.23. The quantitative estimate of drug-likeness (QED) is 0.870. The van der Waals surface area contributed by atoms with Gasteiger partial charge in [0.15, 0.2) is 0 Å². The standard InChI is InChI=1S/C17H19FO/c1-13-5-3-4-6-16(13)14-7-9-15(10-8-14)17(2,19)11-12-18/h3-10,19H,11-12H2,1-2H3. The Bertz CT molecular complexity index is 543. The predicted molar refractivity (Wildman–Crippen MR) is 76.8 cm³/mol. The highest BCUT2D eigenvalue weighted by Gasteiger charge is 2.22. The Kier molecular flexibility index (Phi) is 4.01. The number of aryl methyl sites for hydroxylation is 1. The highest BCUT2D eigenvalue weighted by Crippen LogP contribution is 2.28. The van der Waals surface area contributed by atoms with Crippen molar-refractivity contribution in [3.8, 4) is 11.1 Å². The molecule has 1 nitrogen and oxygen atoms in total. The van der Waals surface area contributed by atoms with Crippen LogP contribution < -0.4 is 0 Å². The van der Waals surface area contributed by atoms with E-state index in [-0.39, 0.29) is 6.42 Å². The molecule has 0 bridgehead atoms. The third-order valence-electron chi connectivity index (χ3n) is 3.54. The van der Waals surface area contributed by atoms with E-state index in [0.29, 0.717) is 0 Å². The van der Waals surface area contributed by atoms with E-state index in [1.54, 1.807) is 6.92 Å². The Morgan fingerprint density at radius 1 is 1.05 bits per heavy atom. The zero-order chi connectivity index (χ0) is 13.9. The molecule has 0 aliphatic rings. The van der Waals surface area contributed by atoms with Gasteiger partial charge in [0.1, 0.15) is 0 Å². The molecule has 1 N–H and O–H groups in total. The smallest absolute Gasteiger partial charge is 0.0925 e. The van der Waals surface area contributed by atoms with Gasteiger partial charge in [0.2, 0.25) is 0 Å². The van der Waals surface area contributed by atoms with Crippen molar-refractivity contribution >= 4 is 0 Å². The topological polar surface area (TPSA) is 20.2 Å². The highest BCUT2D eigenvalue weighted by molar-refractivity contribution is 5.67. The molecule has 0 radical (unpaired) electrons. The average molecular weight is 258 g/mol. The van der Waals surface area contributed by atoms with Gasteiger partial charge >= 0.3 is 0 Å². The Morgan fingerprint density at radius 2 is 1.68 bits per heavy atom. The molecule has 2 aromatic rings. The van der Waals surface area contributed by atoms with Crippen LogP contribution >= 0.6 is 0 Å². The molecule has 0 saturated heterocycles. The largest absolute Gasteiger partial charge is 0.385 e. The van der Waals surface area contributed by atoms with E-state index < -0.39 is 12.3 Å². The molecule has 19 heavy (non-hydrogen) atoms. The summed E-state index contributed by atoms with van der Waals surface area (Å²) < 4.78 is 12.4. The van der Waals surface area contributed by atoms with Crippen LogP contribution in [0.15, 0.2) is 48.5 Å². The molecule has 0 aliphatic carbocycles. The summed E-state index contributed by atoms with van der Waals surface area (Å²) in [7, 11) is 0. The minimum Gasteiger partial charge on any atom is -0.385 e. The number of alkyl halides is 1. The van der Waals surface area contributed by atoms with Crippen LogP contribution in [0.2, 0.25) is 0 Å². The molecule has 0 saturated carbocycles. The van der Waals surface area contributed by atoms with Crippen LogP contribution in [0.3, 0.4) is 0 Å². The van der Waals surface area contributed by atoms with Crippen LogP contribution in [0, 0.1) is 6.92 Å². The van der Waals surface area contributed by atoms with Gasteiger partial charge in [-0.15, -0.1) is 0 Å². The van der Waals surface area contributed by atoms with Crippen molar-refractivity contribution < 1.29 is 9.50 Å². The first-order valence-electron chi connectivity index (χ1n) is 6.49. The zero-order valence-corrected chi connectivity index (χ0v) is 11.4. The van der Waals surface area contributed by atoms with Gasteiger partial charge in [-0.05, 0) is 36.1 Å². The molecular formula is C17H19FO. The molecule has 0 spiro atoms. The Labute approximate surface area is 113 Å². The lowest BCUT2D eigenvalue weighted by Crippen LogP contribution is -2.21. The minimum absolute atomic E-state index is 0.122. The van der Waals surface area contributed by atoms with E-state index in [2.05, 4.69) is 19.1 Å². The Morgan fingerprint density at radius 3 is 2.26 bits per heavy atom. The van der Waals surface area contributed by atoms with Gasteiger partial charge in [-0.1, -0.05) is 48.5 Å². The molecule has 1 atom stereocenters. The minimum atomic E-state index is -1.10. The zero-order valence-electron chi connectivity index (χ0n) is 11.4. The molecule has 2 heteroatoms. The van der Waals surface area contributed by atoms with Gasteiger partial charge in [0.25, 0.3) is 0 Å². The molecule has 0 heterocycles. The van der Waals surface area contributed by atoms with Crippen LogP contribution in [0.4, 0.5) is 4.39 Å². The maximum atomic E-state index is 12.4. The van der Waals surface area contributed by atoms with Crippen molar-refractivity contribution in [2.75, 3.05) is 6.67 Å². The van der Waals surface area contributed by atoms with Crippen molar-refractivity contribution in [2.45, 2.75) is 25.9 Å². The van der Waals surface area contributed by atoms with E-state index in [1.807, 2.05) is 36.4 Å². The normalized spacial score (nSPS) is 14.1. The fourth-order valence-corrected chi connectivity index (χ4v) is 2.23. The molecule has 100 valence electrons. The van der Waals surface area contributed by atoms with E-state index in [4.69, 9.17) is 0 Å². The number of rotatable bonds is 4. The van der Waals surface area contributed by atoms with Crippen LogP contribution in [-0.4, -0.2) is 11.8 Å². The van der Waals surface area contributed by atoms with Crippen LogP contribution in [0.25, 0.3) is 11.1 Å². The summed E-state index contributed by atoms with van der Waals surface area (Å²) in [6.45, 7) is 3.20. The molecular weight excluding hydrogens is 239 g/mol. The van der Waals surface area contributed by atoms with Crippen LogP contribution in [0.5, 0.6) is 0 Å². The second-order valence-corrected chi connectivity index (χ2v) is 5.11. The lowest BCUT2D eigenvalue weighted by molar-refractivity contribution is 0.0408. The summed E-state index contributed by atoms with van der Waals surface area (Å²) in [5.41, 5.74) is 3.16. The molecule has 0 fully saturated rings. The number of hydrogen-bond donors (Lipinski definition) is 1. The van der Waals surface area contributed by atoms with Crippen molar-refractivity contribution in [1.82, 2.24) is 0 Å². The second-order valence-electron chi connectivity index (χ2n) is 5.11. The molecule has 0 amide bonds. The number of hydrogen-bond acceptors (Lipinski definition) is 1. The summed E-state index contributed by atoms with van der Waals surface area (Å²) in [5.74, 6) is 0. The van der Waals surface area contributed by atoms with E-state index in [1.165, 1.54) is 11.1 Å². The van der Waals surface area contributed by atoms with Gasteiger partial charge < -0.3 is 5.11 Å². The van der Waals surface area contributed by atoms with Crippen molar-refractivity contribution in [1.29, 1.82) is 0 Å². The SMILES string of the molecule is Cc1ccccc1-c1ccc(C(C)(O)CCF)cc1. The summed E-state index contributed by atoms with van der Waals surface area (Å²) in [6.07, 6.45) is 0.122. The fraction of sp³-hybridized carbons (Fsp3) is 0.294. The lowest BCUT2D eigenvalue weighted by atomic mass is 9.91. The monoisotopic (exact) mass is 258 g/mol. The van der Waals surface area contributed by atoms with Gasteiger partial charge in [-0.2, -0.15) is 0 Å². The highest BCUT2D eigenvalue weighted by atomic mass is 19.1. The van der Waals surface area contributed by atoms with Crippen LogP contribution in [-0.2, 0) is 5.60 Å². The maximum absolute atomic E-state index is 12.4. The van der Waals surface area contributed by atoms with Crippen LogP contribution in [0.1, 0.15) is 24.5 Å². The third-order valence-corrected chi connectivity index (χ3v) is 3.54. The van der Waals surface area contributed by atoms with Crippen molar-refractivity contribution in [3.05, 3.63) is 59.7 Å². The number of aliphatic hydroxyl groups is 1. The van der Waals surface area contributed by atoms with Crippen molar-refractivity contribution in [3.63, 3.8) is 0 Å². The van der Waals surface area contributed by atoms with Gasteiger partial charge in [-0.3, -0.25) is 4.39 Å². The molecule has 1 unspecified atom stereocenters. The summed E-state index contributed by atoms with van der Waals surface area (Å²) in [6, 6.07) is 15.9.